The molecule has 0 saturated carbocycles. The maximum absolute atomic E-state index is 12.6. The molecule has 0 atom stereocenters. The molecule has 1 aromatic heterocycles. The van der Waals surface area contributed by atoms with Gasteiger partial charge in [0.15, 0.2) is 6.61 Å². The molecule has 4 rings (SSSR count). The average Bonchev–Trinajstić information content (AvgIpc) is 3.12. The maximum Gasteiger partial charge on any atom is 0.265 e. The van der Waals surface area contributed by atoms with Crippen LogP contribution in [0.3, 0.4) is 0 Å². The van der Waals surface area contributed by atoms with Crippen LogP contribution in [0.2, 0.25) is 0 Å². The minimum absolute atomic E-state index is 0.0429. The number of ether oxygens (including phenoxy) is 1. The van der Waals surface area contributed by atoms with Crippen LogP contribution in [0, 0.1) is 0 Å². The largest absolute Gasteiger partial charge is 0.482 e. The number of hydrogen-bond acceptors (Lipinski definition) is 4. The predicted molar refractivity (Wildman–Crippen MR) is 118 cm³/mol. The Morgan fingerprint density at radius 3 is 2.90 bits per heavy atom. The second kappa shape index (κ2) is 8.59. The van der Waals surface area contributed by atoms with Crippen LogP contribution in [0.25, 0.3) is 10.9 Å². The monoisotopic (exact) mass is 406 g/mol. The van der Waals surface area contributed by atoms with Crippen LogP contribution in [0.15, 0.2) is 48.7 Å². The van der Waals surface area contributed by atoms with Crippen molar-refractivity contribution in [2.45, 2.75) is 12.8 Å². The molecule has 2 amide bonds. The number of aromatic nitrogens is 1. The number of aromatic amines is 1. The van der Waals surface area contributed by atoms with Gasteiger partial charge in [-0.15, -0.1) is 0 Å². The Labute approximate surface area is 175 Å². The van der Waals surface area contributed by atoms with E-state index in [-0.39, 0.29) is 24.8 Å². The number of carbonyl (C=O) groups excluding carboxylic acids is 2. The molecule has 3 aromatic rings. The van der Waals surface area contributed by atoms with Crippen molar-refractivity contribution in [1.82, 2.24) is 9.88 Å². The van der Waals surface area contributed by atoms with Crippen molar-refractivity contribution in [3.05, 3.63) is 54.2 Å². The lowest BCUT2D eigenvalue weighted by atomic mass is 10.1. The zero-order chi connectivity index (χ0) is 21.1. The van der Waals surface area contributed by atoms with Gasteiger partial charge in [0.25, 0.3) is 5.91 Å². The van der Waals surface area contributed by atoms with Gasteiger partial charge in [0, 0.05) is 29.3 Å². The molecule has 0 unspecified atom stereocenters. The molecule has 156 valence electrons. The lowest BCUT2D eigenvalue weighted by Crippen LogP contribution is -2.40. The molecular weight excluding hydrogens is 380 g/mol. The number of hydrogen-bond donors (Lipinski definition) is 2. The van der Waals surface area contributed by atoms with Crippen LogP contribution < -0.4 is 15.0 Å². The van der Waals surface area contributed by atoms with E-state index in [1.54, 1.807) is 11.0 Å². The summed E-state index contributed by atoms with van der Waals surface area (Å²) in [6.07, 6.45) is 2.99. The van der Waals surface area contributed by atoms with Crippen molar-refractivity contribution < 1.29 is 14.3 Å². The summed E-state index contributed by atoms with van der Waals surface area (Å²) < 4.78 is 5.57. The Morgan fingerprint density at radius 2 is 2.07 bits per heavy atom. The number of benzene rings is 2. The molecule has 7 nitrogen and oxygen atoms in total. The molecule has 0 fully saturated rings. The van der Waals surface area contributed by atoms with Gasteiger partial charge in [-0.25, -0.2) is 0 Å². The lowest BCUT2D eigenvalue weighted by molar-refractivity contribution is -0.121. The molecule has 0 aliphatic carbocycles. The average molecular weight is 406 g/mol. The third-order valence-corrected chi connectivity index (χ3v) is 5.20. The Kier molecular flexibility index (Phi) is 5.72. The molecule has 0 saturated heterocycles. The second-order valence-electron chi connectivity index (χ2n) is 7.76. The van der Waals surface area contributed by atoms with E-state index in [2.05, 4.69) is 15.2 Å². The minimum atomic E-state index is -0.109. The first-order chi connectivity index (χ1) is 14.5. The molecule has 2 heterocycles. The van der Waals surface area contributed by atoms with Crippen molar-refractivity contribution in [2.24, 2.45) is 0 Å². The predicted octanol–water partition coefficient (Wildman–Crippen LogP) is 3.03. The molecule has 7 heteroatoms. The van der Waals surface area contributed by atoms with Gasteiger partial charge in [0.05, 0.1) is 12.1 Å². The van der Waals surface area contributed by atoms with E-state index in [0.29, 0.717) is 23.7 Å². The van der Waals surface area contributed by atoms with Gasteiger partial charge in [-0.2, -0.15) is 0 Å². The number of fused-ring (bicyclic) bond motifs is 2. The van der Waals surface area contributed by atoms with E-state index in [9.17, 15) is 9.59 Å². The molecule has 1 aliphatic heterocycles. The molecule has 0 radical (unpaired) electrons. The number of H-pyrrole nitrogens is 1. The summed E-state index contributed by atoms with van der Waals surface area (Å²) >= 11 is 0. The molecule has 2 N–H and O–H groups in total. The topological polar surface area (TPSA) is 77.7 Å². The van der Waals surface area contributed by atoms with Crippen LogP contribution in [0.5, 0.6) is 5.75 Å². The first-order valence-electron chi connectivity index (χ1n) is 10.1. The normalized spacial score (nSPS) is 13.4. The highest BCUT2D eigenvalue weighted by molar-refractivity contribution is 6.00. The SMILES string of the molecule is CN(C)CCCN1C(=O)COc2ccc(NC(=O)Cc3c[nH]c4ccccc34)cc21. The number of nitrogens with zero attached hydrogens (tertiary/aromatic N) is 2. The number of anilines is 2. The summed E-state index contributed by atoms with van der Waals surface area (Å²) in [6.45, 7) is 1.54. The number of amides is 2. The molecular formula is C23H26N4O3. The van der Waals surface area contributed by atoms with Gasteiger partial charge in [-0.05, 0) is 56.9 Å². The van der Waals surface area contributed by atoms with Crippen molar-refractivity contribution in [2.75, 3.05) is 44.0 Å². The van der Waals surface area contributed by atoms with Gasteiger partial charge in [0.2, 0.25) is 5.91 Å². The first-order valence-corrected chi connectivity index (χ1v) is 10.1. The Balaban J connectivity index is 1.48. The van der Waals surface area contributed by atoms with Crippen LogP contribution in [0.4, 0.5) is 11.4 Å². The zero-order valence-electron chi connectivity index (χ0n) is 17.3. The number of para-hydroxylation sites is 1. The maximum atomic E-state index is 12.6. The Hall–Kier alpha value is -3.32. The highest BCUT2D eigenvalue weighted by Crippen LogP contribution is 2.34. The van der Waals surface area contributed by atoms with E-state index in [0.717, 1.165) is 29.4 Å². The van der Waals surface area contributed by atoms with Gasteiger partial charge in [-0.3, -0.25) is 9.59 Å². The number of carbonyl (C=O) groups is 2. The molecule has 2 aromatic carbocycles. The third kappa shape index (κ3) is 4.31. The standard InChI is InChI=1S/C23H26N4O3/c1-26(2)10-5-11-27-20-13-17(8-9-21(20)30-15-23(27)29)25-22(28)12-16-14-24-19-7-4-3-6-18(16)19/h3-4,6-9,13-14,24H,5,10-12,15H2,1-2H3,(H,25,28). The summed E-state index contributed by atoms with van der Waals surface area (Å²) in [5.74, 6) is 0.486. The van der Waals surface area contributed by atoms with E-state index in [1.165, 1.54) is 0 Å². The molecule has 0 spiro atoms. The first kappa shape index (κ1) is 20.0. The van der Waals surface area contributed by atoms with Crippen molar-refractivity contribution in [3.8, 4) is 5.75 Å². The van der Waals surface area contributed by atoms with E-state index in [4.69, 9.17) is 4.74 Å². The zero-order valence-corrected chi connectivity index (χ0v) is 17.3. The molecule has 1 aliphatic rings. The van der Waals surface area contributed by atoms with Gasteiger partial charge < -0.3 is 24.8 Å². The quantitative estimate of drug-likeness (QED) is 0.632. The smallest absolute Gasteiger partial charge is 0.265 e. The second-order valence-corrected chi connectivity index (χ2v) is 7.76. The minimum Gasteiger partial charge on any atom is -0.482 e. The van der Waals surface area contributed by atoms with Crippen LogP contribution >= 0.6 is 0 Å². The summed E-state index contributed by atoms with van der Waals surface area (Å²) in [7, 11) is 4.02. The number of nitrogens with one attached hydrogen (secondary N) is 2. The van der Waals surface area contributed by atoms with E-state index in [1.807, 2.05) is 56.7 Å². The van der Waals surface area contributed by atoms with Crippen LogP contribution in [-0.4, -0.2) is 55.5 Å². The van der Waals surface area contributed by atoms with Gasteiger partial charge in [-0.1, -0.05) is 18.2 Å². The summed E-state index contributed by atoms with van der Waals surface area (Å²) in [6, 6.07) is 13.3. The fourth-order valence-corrected chi connectivity index (χ4v) is 3.73. The Morgan fingerprint density at radius 1 is 1.23 bits per heavy atom. The van der Waals surface area contributed by atoms with Gasteiger partial charge in [0.1, 0.15) is 5.75 Å². The molecule has 30 heavy (non-hydrogen) atoms. The van der Waals surface area contributed by atoms with Crippen LogP contribution in [-0.2, 0) is 16.0 Å². The number of rotatable bonds is 7. The lowest BCUT2D eigenvalue weighted by Gasteiger charge is -2.30. The Bertz CT molecular complexity index is 1070. The fraction of sp³-hybridized carbons (Fsp3) is 0.304. The highest BCUT2D eigenvalue weighted by atomic mass is 16.5. The summed E-state index contributed by atoms with van der Waals surface area (Å²) in [5, 5.41) is 4.00. The fourth-order valence-electron chi connectivity index (χ4n) is 3.73. The van der Waals surface area contributed by atoms with Gasteiger partial charge >= 0.3 is 0 Å². The summed E-state index contributed by atoms with van der Waals surface area (Å²) in [4.78, 5) is 32.1. The van der Waals surface area contributed by atoms with Crippen molar-refractivity contribution >= 4 is 34.1 Å². The molecule has 0 bridgehead atoms. The van der Waals surface area contributed by atoms with E-state index >= 15 is 0 Å². The van der Waals surface area contributed by atoms with Crippen molar-refractivity contribution in [3.63, 3.8) is 0 Å². The van der Waals surface area contributed by atoms with Crippen LogP contribution in [0.1, 0.15) is 12.0 Å². The summed E-state index contributed by atoms with van der Waals surface area (Å²) in [5.41, 5.74) is 3.31. The third-order valence-electron chi connectivity index (χ3n) is 5.20. The van der Waals surface area contributed by atoms with Crippen molar-refractivity contribution in [1.29, 1.82) is 0 Å². The van der Waals surface area contributed by atoms with E-state index < -0.39 is 0 Å². The highest BCUT2D eigenvalue weighted by Gasteiger charge is 2.25.